The van der Waals surface area contributed by atoms with E-state index in [4.69, 9.17) is 0 Å². The van der Waals surface area contributed by atoms with Gasteiger partial charge in [0.25, 0.3) is 0 Å². The highest BCUT2D eigenvalue weighted by atomic mass is 16.2. The number of likely N-dealkylation sites (tertiary alicyclic amines) is 1. The largest absolute Gasteiger partial charge is 0.353 e. The van der Waals surface area contributed by atoms with Crippen molar-refractivity contribution >= 4 is 5.91 Å². The predicted octanol–water partition coefficient (Wildman–Crippen LogP) is -0.852. The van der Waals surface area contributed by atoms with Crippen LogP contribution in [-0.2, 0) is 4.79 Å². The smallest absolute Gasteiger partial charge is 0.238 e. The molecule has 0 aromatic heterocycles. The summed E-state index contributed by atoms with van der Waals surface area (Å²) in [6, 6.07) is 0.460. The molecule has 5 nitrogen and oxygen atoms in total. The molecule has 0 bridgehead atoms. The molecule has 2 rings (SSSR count). The number of hydrogen-bond donors (Lipinski definition) is 3. The van der Waals surface area contributed by atoms with E-state index in [9.17, 15) is 4.79 Å². The summed E-state index contributed by atoms with van der Waals surface area (Å²) >= 11 is 0. The van der Waals surface area contributed by atoms with Crippen molar-refractivity contribution in [3.05, 3.63) is 0 Å². The summed E-state index contributed by atoms with van der Waals surface area (Å²) < 4.78 is 0. The maximum atomic E-state index is 11.9. The summed E-state index contributed by atoms with van der Waals surface area (Å²) in [5.74, 6) is 0.135. The lowest BCUT2D eigenvalue weighted by atomic mass is 10.0. The first-order valence-electron chi connectivity index (χ1n) is 6.69. The second-order valence-electron chi connectivity index (χ2n) is 5.09. The highest BCUT2D eigenvalue weighted by molar-refractivity contribution is 5.82. The van der Waals surface area contributed by atoms with Crippen LogP contribution in [0.5, 0.6) is 0 Å². The van der Waals surface area contributed by atoms with E-state index >= 15 is 0 Å². The first-order valence-corrected chi connectivity index (χ1v) is 6.69. The van der Waals surface area contributed by atoms with Gasteiger partial charge in [-0.3, -0.25) is 4.79 Å². The molecule has 3 N–H and O–H groups in total. The van der Waals surface area contributed by atoms with E-state index in [1.165, 1.54) is 19.3 Å². The summed E-state index contributed by atoms with van der Waals surface area (Å²) in [4.78, 5) is 14.3. The number of nitrogens with zero attached hydrogens (tertiary/aromatic N) is 1. The number of hydrogen-bond acceptors (Lipinski definition) is 4. The molecule has 2 fully saturated rings. The number of rotatable bonds is 3. The minimum absolute atomic E-state index is 0.0577. The van der Waals surface area contributed by atoms with Gasteiger partial charge in [0.15, 0.2) is 0 Å². The molecular weight excluding hydrogens is 216 g/mol. The Morgan fingerprint density at radius 1 is 1.41 bits per heavy atom. The minimum Gasteiger partial charge on any atom is -0.353 e. The number of amides is 1. The normalized spacial score (nSPS) is 31.1. The molecular formula is C12H24N4O. The predicted molar refractivity (Wildman–Crippen MR) is 67.9 cm³/mol. The summed E-state index contributed by atoms with van der Waals surface area (Å²) in [7, 11) is 2.15. The van der Waals surface area contributed by atoms with Crippen LogP contribution in [-0.4, -0.2) is 62.7 Å². The lowest BCUT2D eigenvalue weighted by Gasteiger charge is -2.33. The highest BCUT2D eigenvalue weighted by Gasteiger charge is 2.23. The molecule has 0 spiro atoms. The Labute approximate surface area is 103 Å². The van der Waals surface area contributed by atoms with Crippen LogP contribution in [0.3, 0.4) is 0 Å². The molecule has 98 valence electrons. The van der Waals surface area contributed by atoms with Gasteiger partial charge < -0.3 is 20.9 Å². The molecule has 2 heterocycles. The Morgan fingerprint density at radius 3 is 3.00 bits per heavy atom. The van der Waals surface area contributed by atoms with Gasteiger partial charge in [0, 0.05) is 32.2 Å². The van der Waals surface area contributed by atoms with E-state index in [0.717, 1.165) is 32.7 Å². The van der Waals surface area contributed by atoms with Crippen molar-refractivity contribution in [2.24, 2.45) is 0 Å². The molecule has 0 saturated carbocycles. The summed E-state index contributed by atoms with van der Waals surface area (Å²) in [6.07, 6.45) is 3.77. The van der Waals surface area contributed by atoms with Crippen LogP contribution in [0.25, 0.3) is 0 Å². The van der Waals surface area contributed by atoms with Gasteiger partial charge in [0.1, 0.15) is 0 Å². The third kappa shape index (κ3) is 3.66. The Balaban J connectivity index is 1.71. The first-order chi connectivity index (χ1) is 8.27. The fraction of sp³-hybridized carbons (Fsp3) is 0.917. The Bertz CT molecular complexity index is 253. The Morgan fingerprint density at radius 2 is 2.29 bits per heavy atom. The average Bonchev–Trinajstić information content (AvgIpc) is 2.38. The SMILES string of the molecule is CN1CCCCC1CNC(=O)C1CNCCN1. The number of carbonyl (C=O) groups excluding carboxylic acids is 1. The third-order valence-corrected chi connectivity index (χ3v) is 3.79. The molecule has 1 amide bonds. The van der Waals surface area contributed by atoms with Gasteiger partial charge in [-0.05, 0) is 26.4 Å². The van der Waals surface area contributed by atoms with E-state index in [2.05, 4.69) is 27.9 Å². The maximum absolute atomic E-state index is 11.9. The molecule has 0 aliphatic carbocycles. The van der Waals surface area contributed by atoms with Crippen molar-refractivity contribution in [2.75, 3.05) is 39.8 Å². The zero-order valence-corrected chi connectivity index (χ0v) is 10.7. The molecule has 0 aromatic rings. The zero-order chi connectivity index (χ0) is 12.1. The van der Waals surface area contributed by atoms with E-state index in [1.54, 1.807) is 0 Å². The van der Waals surface area contributed by atoms with Crippen LogP contribution in [0.4, 0.5) is 0 Å². The molecule has 2 aliphatic rings. The second kappa shape index (κ2) is 6.33. The van der Waals surface area contributed by atoms with Gasteiger partial charge in [0.05, 0.1) is 6.04 Å². The quantitative estimate of drug-likeness (QED) is 0.601. The standard InChI is InChI=1S/C12H24N4O/c1-16-7-3-2-4-10(16)8-15-12(17)11-9-13-5-6-14-11/h10-11,13-14H,2-9H2,1H3,(H,15,17). The molecule has 2 saturated heterocycles. The van der Waals surface area contributed by atoms with Crippen molar-refractivity contribution in [2.45, 2.75) is 31.3 Å². The molecule has 2 atom stereocenters. The van der Waals surface area contributed by atoms with Gasteiger partial charge in [-0.2, -0.15) is 0 Å². The number of piperazine rings is 1. The third-order valence-electron chi connectivity index (χ3n) is 3.79. The number of nitrogens with one attached hydrogen (secondary N) is 3. The first kappa shape index (κ1) is 12.8. The average molecular weight is 240 g/mol. The topological polar surface area (TPSA) is 56.4 Å². The van der Waals surface area contributed by atoms with Crippen molar-refractivity contribution in [1.29, 1.82) is 0 Å². The number of carbonyl (C=O) groups is 1. The molecule has 2 aliphatic heterocycles. The molecule has 5 heteroatoms. The van der Waals surface area contributed by atoms with Crippen molar-refractivity contribution in [3.8, 4) is 0 Å². The van der Waals surface area contributed by atoms with Crippen LogP contribution in [0.2, 0.25) is 0 Å². The Kier molecular flexibility index (Phi) is 4.76. The van der Waals surface area contributed by atoms with Gasteiger partial charge in [-0.1, -0.05) is 6.42 Å². The highest BCUT2D eigenvalue weighted by Crippen LogP contribution is 2.13. The lowest BCUT2D eigenvalue weighted by Crippen LogP contribution is -2.57. The summed E-state index contributed by atoms with van der Waals surface area (Å²) in [6.45, 7) is 4.51. The van der Waals surface area contributed by atoms with Gasteiger partial charge >= 0.3 is 0 Å². The van der Waals surface area contributed by atoms with E-state index in [0.29, 0.717) is 6.04 Å². The lowest BCUT2D eigenvalue weighted by molar-refractivity contribution is -0.123. The minimum atomic E-state index is -0.0577. The van der Waals surface area contributed by atoms with Crippen LogP contribution < -0.4 is 16.0 Å². The summed E-state index contributed by atoms with van der Waals surface area (Å²) in [5.41, 5.74) is 0. The van der Waals surface area contributed by atoms with Crippen molar-refractivity contribution < 1.29 is 4.79 Å². The van der Waals surface area contributed by atoms with Crippen LogP contribution >= 0.6 is 0 Å². The van der Waals surface area contributed by atoms with Gasteiger partial charge in [-0.15, -0.1) is 0 Å². The Hall–Kier alpha value is -0.650. The monoisotopic (exact) mass is 240 g/mol. The molecule has 0 aromatic carbocycles. The van der Waals surface area contributed by atoms with Crippen LogP contribution in [0.1, 0.15) is 19.3 Å². The molecule has 0 radical (unpaired) electrons. The zero-order valence-electron chi connectivity index (χ0n) is 10.7. The van der Waals surface area contributed by atoms with E-state index < -0.39 is 0 Å². The van der Waals surface area contributed by atoms with Gasteiger partial charge in [-0.25, -0.2) is 0 Å². The van der Waals surface area contributed by atoms with Crippen LogP contribution in [0, 0.1) is 0 Å². The number of likely N-dealkylation sites (N-methyl/N-ethyl adjacent to an activating group) is 1. The number of piperidine rings is 1. The van der Waals surface area contributed by atoms with Crippen molar-refractivity contribution in [1.82, 2.24) is 20.9 Å². The maximum Gasteiger partial charge on any atom is 0.238 e. The fourth-order valence-corrected chi connectivity index (χ4v) is 2.58. The van der Waals surface area contributed by atoms with Crippen molar-refractivity contribution in [3.63, 3.8) is 0 Å². The van der Waals surface area contributed by atoms with Crippen LogP contribution in [0.15, 0.2) is 0 Å². The molecule has 2 unspecified atom stereocenters. The molecule has 17 heavy (non-hydrogen) atoms. The fourth-order valence-electron chi connectivity index (χ4n) is 2.58. The summed E-state index contributed by atoms with van der Waals surface area (Å²) in [5, 5.41) is 9.53. The second-order valence-corrected chi connectivity index (χ2v) is 5.09. The van der Waals surface area contributed by atoms with E-state index in [1.807, 2.05) is 0 Å². The van der Waals surface area contributed by atoms with E-state index in [-0.39, 0.29) is 11.9 Å². The van der Waals surface area contributed by atoms with Gasteiger partial charge in [0.2, 0.25) is 5.91 Å².